The monoisotopic (exact) mass is 198 g/mol. The van der Waals surface area contributed by atoms with Crippen LogP contribution in [-0.2, 0) is 0 Å². The molecule has 0 aliphatic heterocycles. The fourth-order valence-corrected chi connectivity index (χ4v) is 2.14. The first-order valence-corrected chi connectivity index (χ1v) is 5.67. The summed E-state index contributed by atoms with van der Waals surface area (Å²) < 4.78 is 0. The maximum Gasteiger partial charge on any atom is 0.316 e. The van der Waals surface area contributed by atoms with Gasteiger partial charge in [0.25, 0.3) is 0 Å². The predicted octanol–water partition coefficient (Wildman–Crippen LogP) is 2.23. The number of carbonyl (C=O) groups is 1. The number of urea groups is 1. The Morgan fingerprint density at radius 1 is 1.36 bits per heavy atom. The van der Waals surface area contributed by atoms with Crippen LogP contribution in [0.15, 0.2) is 0 Å². The Hall–Kier alpha value is -0.730. The molecule has 3 nitrogen and oxygen atoms in total. The van der Waals surface area contributed by atoms with Gasteiger partial charge in [-0.2, -0.15) is 0 Å². The van der Waals surface area contributed by atoms with Crippen LogP contribution in [0.3, 0.4) is 0 Å². The Kier molecular flexibility index (Phi) is 4.77. The first-order chi connectivity index (χ1) is 6.74. The van der Waals surface area contributed by atoms with Crippen molar-refractivity contribution in [3.8, 4) is 0 Å². The van der Waals surface area contributed by atoms with Gasteiger partial charge in [0.1, 0.15) is 0 Å². The van der Waals surface area contributed by atoms with Gasteiger partial charge >= 0.3 is 6.03 Å². The number of hydrogen-bond acceptors (Lipinski definition) is 1. The lowest BCUT2D eigenvalue weighted by Crippen LogP contribution is -2.36. The van der Waals surface area contributed by atoms with E-state index in [2.05, 4.69) is 5.32 Å². The van der Waals surface area contributed by atoms with Crippen LogP contribution in [0.4, 0.5) is 4.79 Å². The molecule has 0 aromatic rings. The minimum Gasteiger partial charge on any atom is -0.341 e. The van der Waals surface area contributed by atoms with Gasteiger partial charge in [-0.25, -0.2) is 4.79 Å². The van der Waals surface area contributed by atoms with Crippen molar-refractivity contribution >= 4 is 6.03 Å². The molecule has 1 rings (SSSR count). The molecular formula is C11H22N2O. The van der Waals surface area contributed by atoms with Gasteiger partial charge in [-0.1, -0.05) is 32.1 Å². The molecule has 2 amide bonds. The number of rotatable bonds is 3. The molecule has 0 atom stereocenters. The lowest BCUT2D eigenvalue weighted by atomic mass is 9.87. The summed E-state index contributed by atoms with van der Waals surface area (Å²) >= 11 is 0. The molecule has 0 heterocycles. The molecule has 82 valence electrons. The van der Waals surface area contributed by atoms with Gasteiger partial charge in [0.2, 0.25) is 0 Å². The minimum atomic E-state index is 0.0285. The molecule has 0 saturated heterocycles. The van der Waals surface area contributed by atoms with E-state index in [1.54, 1.807) is 11.9 Å². The van der Waals surface area contributed by atoms with E-state index in [-0.39, 0.29) is 6.03 Å². The van der Waals surface area contributed by atoms with E-state index in [1.807, 2.05) is 7.05 Å². The molecule has 0 unspecified atom stereocenters. The maximum atomic E-state index is 11.2. The first kappa shape index (κ1) is 11.3. The molecule has 0 aromatic carbocycles. The highest BCUT2D eigenvalue weighted by molar-refractivity contribution is 5.73. The number of hydrogen-bond donors (Lipinski definition) is 1. The van der Waals surface area contributed by atoms with E-state index in [9.17, 15) is 4.79 Å². The van der Waals surface area contributed by atoms with E-state index >= 15 is 0 Å². The van der Waals surface area contributed by atoms with E-state index in [0.29, 0.717) is 0 Å². The molecule has 1 aliphatic rings. The second kappa shape index (κ2) is 5.89. The topological polar surface area (TPSA) is 32.3 Å². The highest BCUT2D eigenvalue weighted by Crippen LogP contribution is 2.26. The molecule has 0 radical (unpaired) electrons. The summed E-state index contributed by atoms with van der Waals surface area (Å²) in [5.74, 6) is 0.857. The molecule has 0 aromatic heterocycles. The zero-order valence-electron chi connectivity index (χ0n) is 9.38. The third kappa shape index (κ3) is 3.56. The third-order valence-corrected chi connectivity index (χ3v) is 3.16. The van der Waals surface area contributed by atoms with E-state index < -0.39 is 0 Å². The Balaban J connectivity index is 2.15. The summed E-state index contributed by atoms with van der Waals surface area (Å²) in [6.07, 6.45) is 8.07. The molecule has 14 heavy (non-hydrogen) atoms. The Bertz CT molecular complexity index is 176. The molecule has 1 aliphatic carbocycles. The zero-order valence-corrected chi connectivity index (χ0v) is 9.38. The average molecular weight is 198 g/mol. The van der Waals surface area contributed by atoms with Gasteiger partial charge in [0, 0.05) is 20.6 Å². The minimum absolute atomic E-state index is 0.0285. The summed E-state index contributed by atoms with van der Waals surface area (Å²) in [5.41, 5.74) is 0. The van der Waals surface area contributed by atoms with Gasteiger partial charge in [-0.15, -0.1) is 0 Å². The number of nitrogens with one attached hydrogen (secondary N) is 1. The van der Waals surface area contributed by atoms with Crippen LogP contribution in [0, 0.1) is 5.92 Å². The molecule has 1 N–H and O–H groups in total. The van der Waals surface area contributed by atoms with Gasteiger partial charge < -0.3 is 10.2 Å². The SMILES string of the molecule is CNC(=O)N(C)CCC1CCCCC1. The lowest BCUT2D eigenvalue weighted by molar-refractivity contribution is 0.204. The van der Waals surface area contributed by atoms with E-state index in [1.165, 1.54) is 38.5 Å². The van der Waals surface area contributed by atoms with Gasteiger partial charge in [0.15, 0.2) is 0 Å². The van der Waals surface area contributed by atoms with Gasteiger partial charge in [-0.05, 0) is 12.3 Å². The Morgan fingerprint density at radius 3 is 2.57 bits per heavy atom. The van der Waals surface area contributed by atoms with Crippen molar-refractivity contribution in [2.45, 2.75) is 38.5 Å². The van der Waals surface area contributed by atoms with Crippen molar-refractivity contribution in [2.75, 3.05) is 20.6 Å². The van der Waals surface area contributed by atoms with Crippen molar-refractivity contribution in [2.24, 2.45) is 5.92 Å². The number of amides is 2. The molecule has 0 spiro atoms. The second-order valence-electron chi connectivity index (χ2n) is 4.27. The van der Waals surface area contributed by atoms with E-state index in [4.69, 9.17) is 0 Å². The normalized spacial score (nSPS) is 17.9. The highest BCUT2D eigenvalue weighted by atomic mass is 16.2. The Labute approximate surface area is 86.9 Å². The maximum absolute atomic E-state index is 11.2. The quantitative estimate of drug-likeness (QED) is 0.741. The average Bonchev–Trinajstić information content (AvgIpc) is 2.26. The zero-order chi connectivity index (χ0) is 10.4. The van der Waals surface area contributed by atoms with Crippen molar-refractivity contribution in [1.82, 2.24) is 10.2 Å². The van der Waals surface area contributed by atoms with Crippen LogP contribution in [0.25, 0.3) is 0 Å². The van der Waals surface area contributed by atoms with Crippen LogP contribution < -0.4 is 5.32 Å². The van der Waals surface area contributed by atoms with Crippen LogP contribution in [0.1, 0.15) is 38.5 Å². The smallest absolute Gasteiger partial charge is 0.316 e. The highest BCUT2D eigenvalue weighted by Gasteiger charge is 2.14. The van der Waals surface area contributed by atoms with Crippen molar-refractivity contribution < 1.29 is 4.79 Å². The van der Waals surface area contributed by atoms with E-state index in [0.717, 1.165) is 12.5 Å². The number of carbonyl (C=O) groups excluding carboxylic acids is 1. The summed E-state index contributed by atoms with van der Waals surface area (Å²) in [5, 5.41) is 2.64. The van der Waals surface area contributed by atoms with Gasteiger partial charge in [0.05, 0.1) is 0 Å². The summed E-state index contributed by atoms with van der Waals surface area (Å²) in [6, 6.07) is 0.0285. The summed E-state index contributed by atoms with van der Waals surface area (Å²) in [7, 11) is 3.54. The van der Waals surface area contributed by atoms with Crippen LogP contribution in [0.2, 0.25) is 0 Å². The van der Waals surface area contributed by atoms with Crippen LogP contribution in [0.5, 0.6) is 0 Å². The predicted molar refractivity (Wildman–Crippen MR) is 58.3 cm³/mol. The van der Waals surface area contributed by atoms with Crippen molar-refractivity contribution in [1.29, 1.82) is 0 Å². The lowest BCUT2D eigenvalue weighted by Gasteiger charge is -2.24. The molecule has 1 fully saturated rings. The standard InChI is InChI=1S/C11H22N2O/c1-12-11(14)13(2)9-8-10-6-4-3-5-7-10/h10H,3-9H2,1-2H3,(H,12,14). The van der Waals surface area contributed by atoms with Crippen LogP contribution in [-0.4, -0.2) is 31.6 Å². The van der Waals surface area contributed by atoms with Crippen LogP contribution >= 0.6 is 0 Å². The Morgan fingerprint density at radius 2 is 2.00 bits per heavy atom. The second-order valence-corrected chi connectivity index (χ2v) is 4.27. The molecule has 0 bridgehead atoms. The first-order valence-electron chi connectivity index (χ1n) is 5.67. The fraction of sp³-hybridized carbons (Fsp3) is 0.909. The number of nitrogens with zero attached hydrogens (tertiary/aromatic N) is 1. The third-order valence-electron chi connectivity index (χ3n) is 3.16. The molecule has 1 saturated carbocycles. The summed E-state index contributed by atoms with van der Waals surface area (Å²) in [6.45, 7) is 0.893. The van der Waals surface area contributed by atoms with Crippen molar-refractivity contribution in [3.05, 3.63) is 0 Å². The molecule has 3 heteroatoms. The summed E-state index contributed by atoms with van der Waals surface area (Å²) in [4.78, 5) is 13.0. The largest absolute Gasteiger partial charge is 0.341 e. The van der Waals surface area contributed by atoms with Crippen molar-refractivity contribution in [3.63, 3.8) is 0 Å². The fourth-order valence-electron chi connectivity index (χ4n) is 2.14. The molecular weight excluding hydrogens is 176 g/mol. The van der Waals surface area contributed by atoms with Gasteiger partial charge in [-0.3, -0.25) is 0 Å².